The maximum Gasteiger partial charge on any atom is 0.0990 e. The van der Waals surface area contributed by atoms with Crippen LogP contribution in [0, 0.1) is 0 Å². The first-order chi connectivity index (χ1) is 14.2. The van der Waals surface area contributed by atoms with Gasteiger partial charge in [-0.25, -0.2) is 0 Å². The fraction of sp³-hybridized carbons (Fsp3) is 1.00. The lowest BCUT2D eigenvalue weighted by Crippen LogP contribution is -1.96. The number of thiol groups is 1. The molecule has 0 radical (unpaired) electrons. The van der Waals surface area contributed by atoms with Gasteiger partial charge < -0.3 is 28.8 Å². The summed E-state index contributed by atoms with van der Waals surface area (Å²) < 4.78 is 23.5. The Hall–Kier alpha value is 0.460. The van der Waals surface area contributed by atoms with E-state index in [0.717, 1.165) is 51.0 Å². The standard InChI is InChI=1S/C5H12OS.5C3H6O.C2H6S/c1-3-5(6)7-4-2;5*1-3-2-4-3;1-2-3/h5-6H,3-4H2,1-2H3;5*3H,2H2,1H3;3H,2H2,1H3. The number of hydrogen-bond acceptors (Lipinski definition) is 8. The summed E-state index contributed by atoms with van der Waals surface area (Å²) in [6, 6.07) is 0. The molecule has 0 aromatic rings. The quantitative estimate of drug-likeness (QED) is 0.357. The lowest BCUT2D eigenvalue weighted by Gasteiger charge is -2.01. The van der Waals surface area contributed by atoms with Crippen molar-refractivity contribution < 1.29 is 28.8 Å². The molecule has 0 saturated carbocycles. The van der Waals surface area contributed by atoms with Gasteiger partial charge in [0.1, 0.15) is 0 Å². The van der Waals surface area contributed by atoms with E-state index in [-0.39, 0.29) is 5.44 Å². The van der Waals surface area contributed by atoms with E-state index in [1.807, 2.05) is 20.8 Å². The van der Waals surface area contributed by atoms with Gasteiger partial charge in [-0.05, 0) is 52.5 Å². The van der Waals surface area contributed by atoms with Crippen LogP contribution >= 0.6 is 24.4 Å². The first-order valence-electron chi connectivity index (χ1n) is 11.2. The Labute approximate surface area is 195 Å². The molecule has 6 unspecified atom stereocenters. The summed E-state index contributed by atoms with van der Waals surface area (Å²) in [7, 11) is 0. The van der Waals surface area contributed by atoms with E-state index in [2.05, 4.69) is 47.2 Å². The third-order valence-electron chi connectivity index (χ3n) is 3.21. The number of ether oxygens (including phenoxy) is 5. The second kappa shape index (κ2) is 22.6. The van der Waals surface area contributed by atoms with E-state index in [1.54, 1.807) is 11.8 Å². The van der Waals surface area contributed by atoms with Crippen molar-refractivity contribution >= 4 is 24.4 Å². The largest absolute Gasteiger partial charge is 0.382 e. The minimum atomic E-state index is -0.134. The zero-order valence-corrected chi connectivity index (χ0v) is 22.2. The van der Waals surface area contributed by atoms with Crippen LogP contribution < -0.4 is 0 Å². The van der Waals surface area contributed by atoms with Gasteiger partial charge in [-0.2, -0.15) is 12.6 Å². The van der Waals surface area contributed by atoms with Crippen LogP contribution in [0.25, 0.3) is 0 Å². The number of aliphatic hydroxyl groups excluding tert-OH is 1. The molecule has 5 aliphatic rings. The number of rotatable bonds is 3. The summed E-state index contributed by atoms with van der Waals surface area (Å²) in [5.74, 6) is 1.95. The van der Waals surface area contributed by atoms with Crippen LogP contribution in [0.15, 0.2) is 0 Å². The summed E-state index contributed by atoms with van der Waals surface area (Å²) in [5.41, 5.74) is -0.134. The summed E-state index contributed by atoms with van der Waals surface area (Å²) in [4.78, 5) is 0. The lowest BCUT2D eigenvalue weighted by molar-refractivity contribution is 0.259. The van der Waals surface area contributed by atoms with E-state index in [9.17, 15) is 0 Å². The molecule has 0 bridgehead atoms. The van der Waals surface area contributed by atoms with E-state index in [4.69, 9.17) is 28.8 Å². The predicted octanol–water partition coefficient (Wildman–Crippen LogP) is 4.43. The van der Waals surface area contributed by atoms with Gasteiger partial charge in [-0.15, -0.1) is 11.8 Å². The van der Waals surface area contributed by atoms with Crippen molar-refractivity contribution in [3.05, 3.63) is 0 Å². The van der Waals surface area contributed by atoms with Gasteiger partial charge in [0.2, 0.25) is 0 Å². The number of aliphatic hydroxyl groups is 1. The van der Waals surface area contributed by atoms with Crippen LogP contribution in [0.2, 0.25) is 0 Å². The first-order valence-corrected chi connectivity index (χ1v) is 12.9. The molecule has 30 heavy (non-hydrogen) atoms. The Morgan fingerprint density at radius 3 is 0.900 bits per heavy atom. The van der Waals surface area contributed by atoms with Crippen LogP contribution in [-0.4, -0.2) is 85.6 Å². The molecule has 5 rings (SSSR count). The maximum atomic E-state index is 8.82. The molecular formula is C22H48O6S2. The summed E-state index contributed by atoms with van der Waals surface area (Å²) in [6.45, 7) is 21.2. The van der Waals surface area contributed by atoms with Crippen molar-refractivity contribution in [2.75, 3.05) is 44.5 Å². The number of epoxide rings is 5. The highest BCUT2D eigenvalue weighted by Crippen LogP contribution is 2.09. The SMILES string of the molecule is CC1CO1.CC1CO1.CC1CO1.CC1CO1.CC1CO1.CCS.CCSC(O)CC. The van der Waals surface area contributed by atoms with Gasteiger partial charge in [0.05, 0.1) is 69.0 Å². The zero-order valence-electron chi connectivity index (χ0n) is 20.5. The number of thioether (sulfide) groups is 1. The molecule has 0 aromatic carbocycles. The molecule has 6 nitrogen and oxygen atoms in total. The second-order valence-electron chi connectivity index (χ2n) is 7.35. The summed E-state index contributed by atoms with van der Waals surface area (Å²) in [6.07, 6.45) is 3.78. The van der Waals surface area contributed by atoms with E-state index in [1.165, 1.54) is 0 Å². The van der Waals surface area contributed by atoms with Crippen LogP contribution in [0.3, 0.4) is 0 Å². The fourth-order valence-electron chi connectivity index (χ4n) is 0.791. The van der Waals surface area contributed by atoms with Gasteiger partial charge in [0, 0.05) is 0 Å². The summed E-state index contributed by atoms with van der Waals surface area (Å²) >= 11 is 5.38. The first kappa shape index (κ1) is 32.6. The van der Waals surface area contributed by atoms with Crippen LogP contribution in [0.5, 0.6) is 0 Å². The molecule has 8 heteroatoms. The number of hydrogen-bond donors (Lipinski definition) is 2. The van der Waals surface area contributed by atoms with Crippen molar-refractivity contribution in [1.82, 2.24) is 0 Å². The Bertz CT molecular complexity index is 274. The minimum absolute atomic E-state index is 0.134. The average molecular weight is 473 g/mol. The van der Waals surface area contributed by atoms with E-state index >= 15 is 0 Å². The van der Waals surface area contributed by atoms with E-state index < -0.39 is 0 Å². The highest BCUT2D eigenvalue weighted by molar-refractivity contribution is 7.99. The third-order valence-corrected chi connectivity index (χ3v) is 4.26. The molecule has 5 fully saturated rings. The molecule has 5 saturated heterocycles. The molecule has 6 atom stereocenters. The molecule has 0 aromatic heterocycles. The fourth-order valence-corrected chi connectivity index (χ4v) is 1.41. The molecule has 0 aliphatic carbocycles. The van der Waals surface area contributed by atoms with Gasteiger partial charge in [-0.1, -0.05) is 20.8 Å². The van der Waals surface area contributed by atoms with Crippen molar-refractivity contribution in [3.8, 4) is 0 Å². The average Bonchev–Trinajstić information content (AvgIpc) is 3.54. The zero-order chi connectivity index (χ0) is 23.4. The molecule has 184 valence electrons. The molecule has 5 heterocycles. The lowest BCUT2D eigenvalue weighted by atomic mass is 10.5. The van der Waals surface area contributed by atoms with Crippen molar-refractivity contribution in [1.29, 1.82) is 0 Å². The van der Waals surface area contributed by atoms with Crippen LogP contribution in [-0.2, 0) is 23.7 Å². The van der Waals surface area contributed by atoms with Crippen LogP contribution in [0.4, 0.5) is 0 Å². The normalized spacial score (nSPS) is 30.4. The van der Waals surface area contributed by atoms with Crippen molar-refractivity contribution in [2.45, 2.75) is 97.8 Å². The Morgan fingerprint density at radius 1 is 0.700 bits per heavy atom. The predicted molar refractivity (Wildman–Crippen MR) is 131 cm³/mol. The highest BCUT2D eigenvalue weighted by atomic mass is 32.2. The van der Waals surface area contributed by atoms with Crippen molar-refractivity contribution in [2.24, 2.45) is 0 Å². The monoisotopic (exact) mass is 472 g/mol. The Kier molecular flexibility index (Phi) is 24.6. The Balaban J connectivity index is 0. The van der Waals surface area contributed by atoms with Gasteiger partial charge in [-0.3, -0.25) is 0 Å². The van der Waals surface area contributed by atoms with Crippen molar-refractivity contribution in [3.63, 3.8) is 0 Å². The summed E-state index contributed by atoms with van der Waals surface area (Å²) in [5, 5.41) is 8.82. The van der Waals surface area contributed by atoms with Crippen LogP contribution in [0.1, 0.15) is 61.8 Å². The Morgan fingerprint density at radius 2 is 0.867 bits per heavy atom. The second-order valence-corrected chi connectivity index (χ2v) is 9.44. The molecule has 1 N–H and O–H groups in total. The third kappa shape index (κ3) is 51.3. The van der Waals surface area contributed by atoms with Gasteiger partial charge in [0.25, 0.3) is 0 Å². The molecule has 0 amide bonds. The van der Waals surface area contributed by atoms with Gasteiger partial charge in [0.15, 0.2) is 0 Å². The maximum absolute atomic E-state index is 8.82. The highest BCUT2D eigenvalue weighted by Gasteiger charge is 2.14. The minimum Gasteiger partial charge on any atom is -0.382 e. The van der Waals surface area contributed by atoms with E-state index in [0.29, 0.717) is 30.5 Å². The topological polar surface area (TPSA) is 82.9 Å². The van der Waals surface area contributed by atoms with Gasteiger partial charge >= 0.3 is 0 Å². The molecule has 5 aliphatic heterocycles. The molecule has 0 spiro atoms. The molecular weight excluding hydrogens is 424 g/mol. The smallest absolute Gasteiger partial charge is 0.0990 e.